The lowest BCUT2D eigenvalue weighted by atomic mass is 10.0. The molecule has 1 heterocycles. The number of nitrogens with zero attached hydrogens (tertiary/aromatic N) is 2. The molecule has 0 N–H and O–H groups in total. The van der Waals surface area contributed by atoms with Gasteiger partial charge < -0.3 is 4.74 Å². The van der Waals surface area contributed by atoms with Gasteiger partial charge in [-0.1, -0.05) is 22.9 Å². The van der Waals surface area contributed by atoms with E-state index in [1.165, 1.54) is 5.56 Å². The predicted molar refractivity (Wildman–Crippen MR) is 56.7 cm³/mol. The van der Waals surface area contributed by atoms with Crippen LogP contribution in [-0.2, 0) is 7.05 Å². The smallest absolute Gasteiger partial charge is 0.215 e. The molecule has 13 heavy (non-hydrogen) atoms. The summed E-state index contributed by atoms with van der Waals surface area (Å²) in [5, 5.41) is 5.25. The highest BCUT2D eigenvalue weighted by Crippen LogP contribution is 2.29. The van der Waals surface area contributed by atoms with E-state index in [2.05, 4.69) is 28.0 Å². The zero-order valence-corrected chi connectivity index (χ0v) is 10.1. The van der Waals surface area contributed by atoms with Crippen molar-refractivity contribution in [1.82, 2.24) is 9.78 Å². The first-order chi connectivity index (χ1) is 6.11. The van der Waals surface area contributed by atoms with Crippen LogP contribution in [0.15, 0.2) is 0 Å². The summed E-state index contributed by atoms with van der Waals surface area (Å²) < 4.78 is 7.08. The molecule has 0 saturated heterocycles. The molecule has 1 unspecified atom stereocenters. The summed E-state index contributed by atoms with van der Waals surface area (Å²) in [5.74, 6) is 1.30. The molecule has 0 aliphatic heterocycles. The van der Waals surface area contributed by atoms with Crippen molar-refractivity contribution in [2.75, 3.05) is 12.4 Å². The van der Waals surface area contributed by atoms with Gasteiger partial charge in [0.05, 0.1) is 12.8 Å². The highest BCUT2D eigenvalue weighted by molar-refractivity contribution is 9.09. The van der Waals surface area contributed by atoms with Gasteiger partial charge in [-0.15, -0.1) is 0 Å². The van der Waals surface area contributed by atoms with E-state index in [1.807, 2.05) is 14.0 Å². The van der Waals surface area contributed by atoms with Crippen molar-refractivity contribution in [1.29, 1.82) is 0 Å². The van der Waals surface area contributed by atoms with E-state index >= 15 is 0 Å². The van der Waals surface area contributed by atoms with Gasteiger partial charge in [0.15, 0.2) is 0 Å². The lowest BCUT2D eigenvalue weighted by Crippen LogP contribution is -2.00. The third-order valence-corrected chi connectivity index (χ3v) is 3.10. The molecule has 0 amide bonds. The number of hydrogen-bond acceptors (Lipinski definition) is 2. The third kappa shape index (κ3) is 1.88. The maximum atomic E-state index is 5.30. The van der Waals surface area contributed by atoms with Crippen LogP contribution in [0.5, 0.6) is 5.88 Å². The average Bonchev–Trinajstić information content (AvgIpc) is 2.39. The van der Waals surface area contributed by atoms with Gasteiger partial charge >= 0.3 is 0 Å². The molecular formula is C9H15BrN2O. The zero-order chi connectivity index (χ0) is 10.0. The summed E-state index contributed by atoms with van der Waals surface area (Å²) in [4.78, 5) is 0. The molecule has 0 aliphatic carbocycles. The van der Waals surface area contributed by atoms with Crippen molar-refractivity contribution < 1.29 is 4.74 Å². The van der Waals surface area contributed by atoms with Gasteiger partial charge in [0, 0.05) is 17.9 Å². The van der Waals surface area contributed by atoms with Crippen molar-refractivity contribution in [2.45, 2.75) is 19.8 Å². The highest BCUT2D eigenvalue weighted by Gasteiger charge is 2.18. The number of hydrogen-bond donors (Lipinski definition) is 0. The van der Waals surface area contributed by atoms with E-state index in [0.29, 0.717) is 5.92 Å². The van der Waals surface area contributed by atoms with Crippen LogP contribution in [0.4, 0.5) is 0 Å². The van der Waals surface area contributed by atoms with Crippen LogP contribution < -0.4 is 4.74 Å². The van der Waals surface area contributed by atoms with Crippen LogP contribution in [0.2, 0.25) is 0 Å². The molecule has 4 heteroatoms. The van der Waals surface area contributed by atoms with Crippen LogP contribution in [0.3, 0.4) is 0 Å². The zero-order valence-electron chi connectivity index (χ0n) is 8.47. The molecule has 1 aromatic rings. The SMILES string of the molecule is COc1c(C(C)CBr)c(C)nn1C. The highest BCUT2D eigenvalue weighted by atomic mass is 79.9. The molecule has 1 rings (SSSR count). The lowest BCUT2D eigenvalue weighted by Gasteiger charge is -2.09. The standard InChI is InChI=1S/C9H15BrN2O/c1-6(5-10)8-7(2)11-12(3)9(8)13-4/h6H,5H2,1-4H3. The fourth-order valence-electron chi connectivity index (χ4n) is 1.54. The van der Waals surface area contributed by atoms with Crippen molar-refractivity contribution in [3.05, 3.63) is 11.3 Å². The lowest BCUT2D eigenvalue weighted by molar-refractivity contribution is 0.368. The molecule has 0 saturated carbocycles. The third-order valence-electron chi connectivity index (χ3n) is 2.13. The van der Waals surface area contributed by atoms with E-state index in [4.69, 9.17) is 4.74 Å². The Labute approximate surface area is 87.2 Å². The van der Waals surface area contributed by atoms with Gasteiger partial charge in [0.2, 0.25) is 5.88 Å². The first kappa shape index (κ1) is 10.6. The Balaban J connectivity index is 3.16. The molecule has 3 nitrogen and oxygen atoms in total. The summed E-state index contributed by atoms with van der Waals surface area (Å²) in [6, 6.07) is 0. The normalized spacial score (nSPS) is 13.0. The monoisotopic (exact) mass is 246 g/mol. The van der Waals surface area contributed by atoms with Gasteiger partial charge in [-0.2, -0.15) is 5.10 Å². The molecule has 1 atom stereocenters. The first-order valence-electron chi connectivity index (χ1n) is 4.25. The number of aryl methyl sites for hydroxylation is 2. The van der Waals surface area contributed by atoms with Gasteiger partial charge in [-0.25, -0.2) is 4.68 Å². The molecule has 0 bridgehead atoms. The Hall–Kier alpha value is -0.510. The van der Waals surface area contributed by atoms with Crippen molar-refractivity contribution in [3.8, 4) is 5.88 Å². The number of halogens is 1. The minimum Gasteiger partial charge on any atom is -0.481 e. The maximum Gasteiger partial charge on any atom is 0.215 e. The quantitative estimate of drug-likeness (QED) is 0.766. The van der Waals surface area contributed by atoms with Crippen LogP contribution in [-0.4, -0.2) is 22.2 Å². The van der Waals surface area contributed by atoms with Crippen LogP contribution in [0.25, 0.3) is 0 Å². The Morgan fingerprint density at radius 1 is 1.62 bits per heavy atom. The average molecular weight is 247 g/mol. The molecular weight excluding hydrogens is 232 g/mol. The van der Waals surface area contributed by atoms with E-state index in [9.17, 15) is 0 Å². The summed E-state index contributed by atoms with van der Waals surface area (Å²) in [5.41, 5.74) is 2.24. The summed E-state index contributed by atoms with van der Waals surface area (Å²) in [6.07, 6.45) is 0. The van der Waals surface area contributed by atoms with Gasteiger partial charge in [-0.05, 0) is 12.8 Å². The number of alkyl halides is 1. The molecule has 0 fully saturated rings. The second kappa shape index (κ2) is 4.13. The van der Waals surface area contributed by atoms with Gasteiger partial charge in [-0.3, -0.25) is 0 Å². The Morgan fingerprint density at radius 3 is 2.69 bits per heavy atom. The topological polar surface area (TPSA) is 27.1 Å². The molecule has 0 spiro atoms. The van der Waals surface area contributed by atoms with Crippen LogP contribution in [0.1, 0.15) is 24.1 Å². The second-order valence-corrected chi connectivity index (χ2v) is 3.83. The van der Waals surface area contributed by atoms with Gasteiger partial charge in [0.1, 0.15) is 0 Å². The summed E-state index contributed by atoms with van der Waals surface area (Å²) in [6.45, 7) is 4.16. The van der Waals surface area contributed by atoms with Crippen molar-refractivity contribution >= 4 is 15.9 Å². The molecule has 1 aromatic heterocycles. The van der Waals surface area contributed by atoms with E-state index in [1.54, 1.807) is 11.8 Å². The summed E-state index contributed by atoms with van der Waals surface area (Å²) >= 11 is 3.47. The number of rotatable bonds is 3. The minimum atomic E-state index is 0.434. The minimum absolute atomic E-state index is 0.434. The number of methoxy groups -OCH3 is 1. The maximum absolute atomic E-state index is 5.30. The van der Waals surface area contributed by atoms with Crippen molar-refractivity contribution in [3.63, 3.8) is 0 Å². The predicted octanol–water partition coefficient (Wildman–Crippen LogP) is 2.24. The summed E-state index contributed by atoms with van der Waals surface area (Å²) in [7, 11) is 3.58. The van der Waals surface area contributed by atoms with E-state index in [-0.39, 0.29) is 0 Å². The number of aromatic nitrogens is 2. The van der Waals surface area contributed by atoms with Gasteiger partial charge in [0.25, 0.3) is 0 Å². The van der Waals surface area contributed by atoms with Crippen LogP contribution >= 0.6 is 15.9 Å². The fraction of sp³-hybridized carbons (Fsp3) is 0.667. The van der Waals surface area contributed by atoms with E-state index < -0.39 is 0 Å². The molecule has 0 radical (unpaired) electrons. The largest absolute Gasteiger partial charge is 0.481 e. The Bertz CT molecular complexity index is 296. The second-order valence-electron chi connectivity index (χ2n) is 3.19. The first-order valence-corrected chi connectivity index (χ1v) is 5.37. The Morgan fingerprint density at radius 2 is 2.23 bits per heavy atom. The van der Waals surface area contributed by atoms with Crippen LogP contribution in [0, 0.1) is 6.92 Å². The van der Waals surface area contributed by atoms with E-state index in [0.717, 1.165) is 16.9 Å². The Kier molecular flexibility index (Phi) is 3.36. The van der Waals surface area contributed by atoms with Crippen molar-refractivity contribution in [2.24, 2.45) is 7.05 Å². The molecule has 0 aliphatic rings. The number of ether oxygens (including phenoxy) is 1. The fourth-order valence-corrected chi connectivity index (χ4v) is 1.86. The molecule has 74 valence electrons. The molecule has 0 aromatic carbocycles.